The molecule has 0 aromatic heterocycles. The van der Waals surface area contributed by atoms with E-state index in [9.17, 15) is 38.4 Å². The maximum absolute atomic E-state index is 12.2. The smallest absolute Gasteiger partial charge is 0.346 e. The van der Waals surface area contributed by atoms with Crippen molar-refractivity contribution in [1.82, 2.24) is 10.2 Å². The van der Waals surface area contributed by atoms with Crippen LogP contribution >= 0.6 is 0 Å². The minimum Gasteiger partial charge on any atom is -0.478 e. The zero-order chi connectivity index (χ0) is 30.6. The van der Waals surface area contributed by atoms with E-state index in [4.69, 9.17) is 10.2 Å². The Balaban J connectivity index is 0.000000153. The van der Waals surface area contributed by atoms with E-state index in [0.717, 1.165) is 4.90 Å². The summed E-state index contributed by atoms with van der Waals surface area (Å²) in [5.74, 6) is -5.48. The Hall–Kier alpha value is -5.98. The maximum Gasteiger partial charge on any atom is 0.346 e. The number of fused-ring (bicyclic) bond motifs is 2. The van der Waals surface area contributed by atoms with Crippen molar-refractivity contribution in [2.45, 2.75) is 18.9 Å². The number of imide groups is 2. The first kappa shape index (κ1) is 29.0. The number of benzene rings is 3. The third-order valence-electron chi connectivity index (χ3n) is 6.29. The fraction of sp³-hybridized carbons (Fsp3) is 0.103. The van der Waals surface area contributed by atoms with Crippen LogP contribution in [0.15, 0.2) is 72.8 Å². The Kier molecular flexibility index (Phi) is 8.32. The number of esters is 2. The molecule has 42 heavy (non-hydrogen) atoms. The Labute approximate surface area is 236 Å². The molecule has 3 aromatic rings. The van der Waals surface area contributed by atoms with Gasteiger partial charge in [-0.1, -0.05) is 36.4 Å². The molecule has 3 N–H and O–H groups in total. The number of carboxylic acids is 2. The second-order valence-corrected chi connectivity index (χ2v) is 8.87. The lowest BCUT2D eigenvalue weighted by atomic mass is 10.0. The molecule has 3 heterocycles. The van der Waals surface area contributed by atoms with Gasteiger partial charge in [0.05, 0.1) is 33.4 Å². The molecule has 0 spiro atoms. The normalized spacial score (nSPS) is 16.7. The monoisotopic (exact) mass is 572 g/mol. The average molecular weight is 572 g/mol. The van der Waals surface area contributed by atoms with Crippen LogP contribution in [0.5, 0.6) is 0 Å². The molecule has 0 bridgehead atoms. The lowest BCUT2D eigenvalue weighted by Gasteiger charge is -2.27. The molecule has 0 saturated carbocycles. The van der Waals surface area contributed by atoms with Crippen LogP contribution in [0.25, 0.3) is 0 Å². The summed E-state index contributed by atoms with van der Waals surface area (Å²) >= 11 is 0. The topological polar surface area (TPSA) is 202 Å². The maximum atomic E-state index is 12.2. The fourth-order valence-electron chi connectivity index (χ4n) is 4.31. The Morgan fingerprint density at radius 1 is 0.667 bits per heavy atom. The van der Waals surface area contributed by atoms with Crippen LogP contribution in [0.1, 0.15) is 75.0 Å². The van der Waals surface area contributed by atoms with Gasteiger partial charge in [0.15, 0.2) is 0 Å². The Morgan fingerprint density at radius 2 is 1.07 bits per heavy atom. The highest BCUT2D eigenvalue weighted by atomic mass is 16.6. The van der Waals surface area contributed by atoms with E-state index in [1.807, 2.05) is 0 Å². The molecule has 1 unspecified atom stereocenters. The molecular formula is C29H20N2O11. The molecule has 1 atom stereocenters. The Morgan fingerprint density at radius 3 is 1.48 bits per heavy atom. The van der Waals surface area contributed by atoms with Gasteiger partial charge >= 0.3 is 23.9 Å². The number of carbonyl (C=O) groups excluding carboxylic acids is 6. The van der Waals surface area contributed by atoms with Crippen molar-refractivity contribution in [3.63, 3.8) is 0 Å². The molecule has 0 radical (unpaired) electrons. The molecule has 212 valence electrons. The van der Waals surface area contributed by atoms with E-state index < -0.39 is 47.6 Å². The standard InChI is InChI=1S/C13H10N2O4.C8H6O4.C8H4O3/c16-10-6-5-9(11(17)14-10)15-12(18)7-3-1-2-4-8(7)13(15)19;9-7(10)5-3-1-2-4-6(5)8(11)12;9-7-5-3-1-2-4-6(5)8(10)11-7/h1-4,9H,5-6H2,(H,14,16,17);1-4H,(H,9,10)(H,11,12);1-4H. The van der Waals surface area contributed by atoms with Crippen molar-refractivity contribution in [2.24, 2.45) is 0 Å². The van der Waals surface area contributed by atoms with Crippen LogP contribution in [-0.2, 0) is 14.3 Å². The van der Waals surface area contributed by atoms with Gasteiger partial charge in [-0.15, -0.1) is 0 Å². The van der Waals surface area contributed by atoms with Crippen LogP contribution in [0, 0.1) is 0 Å². The summed E-state index contributed by atoms with van der Waals surface area (Å²) in [6.45, 7) is 0. The van der Waals surface area contributed by atoms with E-state index in [1.54, 1.807) is 48.5 Å². The number of ether oxygens (including phenoxy) is 1. The minimum atomic E-state index is -1.23. The summed E-state index contributed by atoms with van der Waals surface area (Å²) in [5, 5.41) is 19.3. The number of amides is 4. The second kappa shape index (κ2) is 12.0. The van der Waals surface area contributed by atoms with Crippen LogP contribution in [0.2, 0.25) is 0 Å². The number of cyclic esters (lactones) is 2. The van der Waals surface area contributed by atoms with Crippen LogP contribution in [0.3, 0.4) is 0 Å². The number of piperidine rings is 1. The summed E-state index contributed by atoms with van der Waals surface area (Å²) in [6.07, 6.45) is 0.306. The van der Waals surface area contributed by atoms with Gasteiger partial charge in [-0.2, -0.15) is 0 Å². The van der Waals surface area contributed by atoms with Crippen LogP contribution in [-0.4, -0.2) is 68.7 Å². The second-order valence-electron chi connectivity index (χ2n) is 8.87. The summed E-state index contributed by atoms with van der Waals surface area (Å²) in [7, 11) is 0. The van der Waals surface area contributed by atoms with Crippen LogP contribution in [0.4, 0.5) is 0 Å². The number of carbonyl (C=O) groups is 8. The van der Waals surface area contributed by atoms with Crippen molar-refractivity contribution >= 4 is 47.5 Å². The van der Waals surface area contributed by atoms with Gasteiger partial charge in [-0.05, 0) is 42.8 Å². The van der Waals surface area contributed by atoms with Gasteiger partial charge in [-0.25, -0.2) is 19.2 Å². The lowest BCUT2D eigenvalue weighted by Crippen LogP contribution is -2.54. The zero-order valence-electron chi connectivity index (χ0n) is 21.4. The third kappa shape index (κ3) is 5.79. The number of carboxylic acid groups (broad SMARTS) is 2. The van der Waals surface area contributed by atoms with Crippen molar-refractivity contribution in [1.29, 1.82) is 0 Å². The summed E-state index contributed by atoms with van der Waals surface area (Å²) in [5.41, 5.74) is 0.944. The molecule has 1 fully saturated rings. The molecule has 4 amide bonds. The fourth-order valence-corrected chi connectivity index (χ4v) is 4.31. The van der Waals surface area contributed by atoms with E-state index in [0.29, 0.717) is 22.3 Å². The van der Waals surface area contributed by atoms with Crippen molar-refractivity contribution in [3.05, 3.63) is 106 Å². The van der Waals surface area contributed by atoms with E-state index in [1.165, 1.54) is 24.3 Å². The van der Waals surface area contributed by atoms with Gasteiger partial charge in [0.2, 0.25) is 11.8 Å². The SMILES string of the molecule is O=C(O)c1ccccc1C(=O)O.O=C1CCC(N2C(=O)c3ccccc3C2=O)C(=O)N1.O=C1OC(=O)c2ccccc21. The number of nitrogens with one attached hydrogen (secondary N) is 1. The van der Waals surface area contributed by atoms with E-state index in [-0.39, 0.29) is 29.9 Å². The van der Waals surface area contributed by atoms with Crippen molar-refractivity contribution < 1.29 is 53.3 Å². The van der Waals surface area contributed by atoms with Crippen molar-refractivity contribution in [2.75, 3.05) is 0 Å². The van der Waals surface area contributed by atoms with Gasteiger partial charge in [0.1, 0.15) is 6.04 Å². The summed E-state index contributed by atoms with van der Waals surface area (Å²) in [6, 6.07) is 17.6. The summed E-state index contributed by atoms with van der Waals surface area (Å²) in [4.78, 5) is 90.7. The minimum absolute atomic E-state index is 0.129. The lowest BCUT2D eigenvalue weighted by molar-refractivity contribution is -0.136. The predicted octanol–water partition coefficient (Wildman–Crippen LogP) is 2.17. The number of hydrogen-bond acceptors (Lipinski definition) is 9. The number of hydrogen-bond donors (Lipinski definition) is 3. The summed E-state index contributed by atoms with van der Waals surface area (Å²) < 4.78 is 4.35. The third-order valence-corrected chi connectivity index (χ3v) is 6.29. The van der Waals surface area contributed by atoms with Crippen molar-refractivity contribution in [3.8, 4) is 0 Å². The van der Waals surface area contributed by atoms with E-state index >= 15 is 0 Å². The molecule has 13 heteroatoms. The number of nitrogens with zero attached hydrogens (tertiary/aromatic N) is 1. The van der Waals surface area contributed by atoms with Gasteiger partial charge < -0.3 is 14.9 Å². The van der Waals surface area contributed by atoms with Gasteiger partial charge in [-0.3, -0.25) is 29.4 Å². The first-order chi connectivity index (χ1) is 20.0. The highest BCUT2D eigenvalue weighted by Gasteiger charge is 2.44. The quantitative estimate of drug-likeness (QED) is 0.236. The largest absolute Gasteiger partial charge is 0.478 e. The zero-order valence-corrected chi connectivity index (χ0v) is 21.4. The molecule has 6 rings (SSSR count). The van der Waals surface area contributed by atoms with E-state index in [2.05, 4.69) is 10.1 Å². The van der Waals surface area contributed by atoms with Gasteiger partial charge in [0, 0.05) is 6.42 Å². The molecule has 3 aliphatic heterocycles. The molecule has 3 aliphatic rings. The number of aromatic carboxylic acids is 2. The predicted molar refractivity (Wildman–Crippen MR) is 140 cm³/mol. The first-order valence-corrected chi connectivity index (χ1v) is 12.2. The van der Waals surface area contributed by atoms with Crippen LogP contribution < -0.4 is 5.32 Å². The highest BCUT2D eigenvalue weighted by molar-refractivity contribution is 6.23. The molecule has 3 aromatic carbocycles. The highest BCUT2D eigenvalue weighted by Crippen LogP contribution is 2.27. The number of rotatable bonds is 3. The molecular weight excluding hydrogens is 552 g/mol. The van der Waals surface area contributed by atoms with Gasteiger partial charge in [0.25, 0.3) is 11.8 Å². The average Bonchev–Trinajstić information content (AvgIpc) is 3.41. The molecule has 1 saturated heterocycles. The molecule has 13 nitrogen and oxygen atoms in total. The Bertz CT molecular complexity index is 1580. The molecule has 0 aliphatic carbocycles. The first-order valence-electron chi connectivity index (χ1n) is 12.2.